The Morgan fingerprint density at radius 1 is 0.863 bits per heavy atom. The molecule has 1 unspecified atom stereocenters. The van der Waals surface area contributed by atoms with Gasteiger partial charge in [-0.15, -0.1) is 0 Å². The Morgan fingerprint density at radius 3 is 2.37 bits per heavy atom. The first kappa shape index (κ1) is 38.0. The molecule has 1 aliphatic carbocycles. The Kier molecular flexibility index (Phi) is 14.4. The largest absolute Gasteiger partial charge is 0.489 e. The number of hydrogen-bond acceptors (Lipinski definition) is 8. The van der Waals surface area contributed by atoms with Gasteiger partial charge in [0.1, 0.15) is 18.1 Å². The maximum atomic E-state index is 12.4. The van der Waals surface area contributed by atoms with Crippen molar-refractivity contribution in [2.24, 2.45) is 0 Å². The van der Waals surface area contributed by atoms with Gasteiger partial charge < -0.3 is 19.1 Å². The van der Waals surface area contributed by atoms with Gasteiger partial charge in [-0.1, -0.05) is 55.5 Å². The Balaban J connectivity index is 1.23. The highest BCUT2D eigenvalue weighted by Crippen LogP contribution is 2.35. The fourth-order valence-electron chi connectivity index (χ4n) is 7.42. The number of rotatable bonds is 17. The van der Waals surface area contributed by atoms with Gasteiger partial charge in [-0.3, -0.25) is 14.5 Å². The second-order valence-electron chi connectivity index (χ2n) is 13.6. The number of carbonyl (C=O) groups excluding carboxylic acids is 3. The Labute approximate surface area is 303 Å². The highest BCUT2D eigenvalue weighted by molar-refractivity contribution is 5.87. The predicted molar refractivity (Wildman–Crippen MR) is 198 cm³/mol. The fraction of sp³-hybridized carbons (Fsp3) is 0.524. The number of amides is 1. The molecule has 9 heteroatoms. The highest BCUT2D eigenvalue weighted by Gasteiger charge is 2.28. The van der Waals surface area contributed by atoms with E-state index < -0.39 is 0 Å². The zero-order valence-electron chi connectivity index (χ0n) is 30.7. The van der Waals surface area contributed by atoms with Crippen LogP contribution in [0.1, 0.15) is 123 Å². The van der Waals surface area contributed by atoms with E-state index in [0.717, 1.165) is 100 Å². The molecule has 51 heavy (non-hydrogen) atoms. The third kappa shape index (κ3) is 10.6. The molecule has 0 spiro atoms. The number of unbranched alkanes of at least 4 members (excludes halogenated alkanes) is 1. The summed E-state index contributed by atoms with van der Waals surface area (Å²) in [5.41, 5.74) is 6.13. The van der Waals surface area contributed by atoms with Crippen LogP contribution >= 0.6 is 0 Å². The van der Waals surface area contributed by atoms with Crippen LogP contribution in [-0.4, -0.2) is 72.0 Å². The number of para-hydroxylation sites is 1. The van der Waals surface area contributed by atoms with Gasteiger partial charge in [0, 0.05) is 44.2 Å². The summed E-state index contributed by atoms with van der Waals surface area (Å²) in [7, 11) is 0. The molecule has 0 N–H and O–H groups in total. The van der Waals surface area contributed by atoms with E-state index in [1.807, 2.05) is 24.8 Å². The van der Waals surface area contributed by atoms with E-state index in [1.54, 1.807) is 13.0 Å². The standard InChI is InChI=1S/C42H55N3O6/c1-4-40(46)45-28-23-33(24-29-45)32-19-17-31(18-20-32)30-51-39-15-8-7-12-34(39)25-27-44(26-10-9-16-41(47)49-5-2)38-14-11-13-36-35(38)21-22-37(43-36)42(48)50-6-3/h7-8,12,15,17-22,33,38H,4-6,9-11,13-14,16,23-30H2,1-3H3. The Morgan fingerprint density at radius 2 is 1.63 bits per heavy atom. The van der Waals surface area contributed by atoms with Crippen LogP contribution in [0.3, 0.4) is 0 Å². The van der Waals surface area contributed by atoms with Crippen LogP contribution in [0.5, 0.6) is 5.75 Å². The summed E-state index contributed by atoms with van der Waals surface area (Å²) < 4.78 is 16.8. The van der Waals surface area contributed by atoms with Gasteiger partial charge in [-0.25, -0.2) is 9.78 Å². The number of carbonyl (C=O) groups is 3. The third-order valence-corrected chi connectivity index (χ3v) is 10.2. The monoisotopic (exact) mass is 697 g/mol. The van der Waals surface area contributed by atoms with Crippen LogP contribution in [-0.2, 0) is 38.5 Å². The van der Waals surface area contributed by atoms with Crippen LogP contribution in [0, 0.1) is 0 Å². The average molecular weight is 698 g/mol. The van der Waals surface area contributed by atoms with Gasteiger partial charge in [-0.05, 0) is 112 Å². The molecule has 1 fully saturated rings. The smallest absolute Gasteiger partial charge is 0.356 e. The van der Waals surface area contributed by atoms with Crippen LogP contribution < -0.4 is 4.74 Å². The van der Waals surface area contributed by atoms with Crippen LogP contribution in [0.25, 0.3) is 0 Å². The van der Waals surface area contributed by atoms with E-state index in [0.29, 0.717) is 44.3 Å². The molecule has 5 rings (SSSR count). The summed E-state index contributed by atoms with van der Waals surface area (Å²) in [4.78, 5) is 45.8. The first-order valence-corrected chi connectivity index (χ1v) is 19.0. The van der Waals surface area contributed by atoms with Crippen molar-refractivity contribution in [3.63, 3.8) is 0 Å². The molecule has 0 radical (unpaired) electrons. The van der Waals surface area contributed by atoms with Crippen molar-refractivity contribution >= 4 is 17.8 Å². The number of fused-ring (bicyclic) bond motifs is 1. The lowest BCUT2D eigenvalue weighted by atomic mass is 9.89. The molecule has 2 aliphatic rings. The number of aryl methyl sites for hydroxylation is 1. The van der Waals surface area contributed by atoms with Crippen LogP contribution in [0.15, 0.2) is 60.7 Å². The minimum Gasteiger partial charge on any atom is -0.489 e. The van der Waals surface area contributed by atoms with Gasteiger partial charge in [0.25, 0.3) is 0 Å². The van der Waals surface area contributed by atoms with E-state index >= 15 is 0 Å². The van der Waals surface area contributed by atoms with E-state index in [-0.39, 0.29) is 23.9 Å². The molecule has 2 heterocycles. The van der Waals surface area contributed by atoms with Crippen molar-refractivity contribution in [2.45, 2.75) is 104 Å². The van der Waals surface area contributed by atoms with E-state index in [1.165, 1.54) is 11.1 Å². The minimum absolute atomic E-state index is 0.145. The summed E-state index contributed by atoms with van der Waals surface area (Å²) in [5, 5.41) is 0. The summed E-state index contributed by atoms with van der Waals surface area (Å²) in [5.74, 6) is 1.10. The molecule has 1 aromatic heterocycles. The van der Waals surface area contributed by atoms with Crippen molar-refractivity contribution in [2.75, 3.05) is 39.4 Å². The van der Waals surface area contributed by atoms with Crippen LogP contribution in [0.4, 0.5) is 0 Å². The van der Waals surface area contributed by atoms with E-state index in [2.05, 4.69) is 53.4 Å². The summed E-state index contributed by atoms with van der Waals surface area (Å²) >= 11 is 0. The van der Waals surface area contributed by atoms with Gasteiger partial charge in [0.05, 0.1) is 13.2 Å². The maximum Gasteiger partial charge on any atom is 0.356 e. The topological polar surface area (TPSA) is 98.3 Å². The average Bonchev–Trinajstić information content (AvgIpc) is 3.17. The normalized spacial score (nSPS) is 16.1. The van der Waals surface area contributed by atoms with Crippen molar-refractivity contribution in [1.29, 1.82) is 0 Å². The zero-order chi connectivity index (χ0) is 36.0. The quantitative estimate of drug-likeness (QED) is 0.105. The number of benzene rings is 2. The maximum absolute atomic E-state index is 12.4. The number of pyridine rings is 1. The molecular formula is C42H55N3O6. The molecule has 0 saturated carbocycles. The third-order valence-electron chi connectivity index (χ3n) is 10.2. The van der Waals surface area contributed by atoms with Gasteiger partial charge in [0.15, 0.2) is 0 Å². The predicted octanol–water partition coefficient (Wildman–Crippen LogP) is 7.61. The molecule has 9 nitrogen and oxygen atoms in total. The number of piperidine rings is 1. The molecule has 1 amide bonds. The van der Waals surface area contributed by atoms with Crippen molar-refractivity contribution in [1.82, 2.24) is 14.8 Å². The second kappa shape index (κ2) is 19.4. The number of hydrogen-bond donors (Lipinski definition) is 0. The fourth-order valence-corrected chi connectivity index (χ4v) is 7.42. The number of likely N-dealkylation sites (tertiary alicyclic amines) is 1. The molecule has 274 valence electrons. The highest BCUT2D eigenvalue weighted by atomic mass is 16.5. The summed E-state index contributed by atoms with van der Waals surface area (Å²) in [6.07, 6.45) is 8.32. The van der Waals surface area contributed by atoms with Gasteiger partial charge in [0.2, 0.25) is 5.91 Å². The number of ether oxygens (including phenoxy) is 3. The van der Waals surface area contributed by atoms with Crippen molar-refractivity contribution < 1.29 is 28.6 Å². The van der Waals surface area contributed by atoms with E-state index in [4.69, 9.17) is 19.2 Å². The first-order chi connectivity index (χ1) is 24.9. The molecular weight excluding hydrogens is 642 g/mol. The molecule has 3 aromatic rings. The van der Waals surface area contributed by atoms with Crippen LogP contribution in [0.2, 0.25) is 0 Å². The van der Waals surface area contributed by atoms with Gasteiger partial charge in [-0.2, -0.15) is 0 Å². The van der Waals surface area contributed by atoms with Crippen molar-refractivity contribution in [3.05, 3.63) is 94.3 Å². The van der Waals surface area contributed by atoms with Crippen molar-refractivity contribution in [3.8, 4) is 5.75 Å². The lowest BCUT2D eigenvalue weighted by Gasteiger charge is -2.36. The molecule has 1 aliphatic heterocycles. The second-order valence-corrected chi connectivity index (χ2v) is 13.6. The first-order valence-electron chi connectivity index (χ1n) is 19.0. The Bertz CT molecular complexity index is 1580. The molecule has 2 aromatic carbocycles. The summed E-state index contributed by atoms with van der Waals surface area (Å²) in [6.45, 7) is 10.1. The number of aromatic nitrogens is 1. The van der Waals surface area contributed by atoms with E-state index in [9.17, 15) is 14.4 Å². The Hall–Kier alpha value is -4.24. The molecule has 0 bridgehead atoms. The molecule has 1 atom stereocenters. The zero-order valence-corrected chi connectivity index (χ0v) is 30.7. The lowest BCUT2D eigenvalue weighted by Crippen LogP contribution is -2.37. The SMILES string of the molecule is CCOC(=O)CCCCN(CCc1ccccc1OCc1ccc(C2CCN(C(=O)CC)CC2)cc1)C1CCCc2nc(C(=O)OCC)ccc21. The number of esters is 2. The summed E-state index contributed by atoms with van der Waals surface area (Å²) in [6, 6.07) is 21.1. The minimum atomic E-state index is -0.382. The lowest BCUT2D eigenvalue weighted by molar-refractivity contribution is -0.143. The van der Waals surface area contributed by atoms with Gasteiger partial charge >= 0.3 is 11.9 Å². The number of nitrogens with zero attached hydrogens (tertiary/aromatic N) is 3. The molecule has 1 saturated heterocycles.